The van der Waals surface area contributed by atoms with Gasteiger partial charge in [-0.15, -0.1) is 0 Å². The van der Waals surface area contributed by atoms with Gasteiger partial charge in [-0.25, -0.2) is 0 Å². The third kappa shape index (κ3) is 7.22. The van der Waals surface area contributed by atoms with Crippen LogP contribution >= 0.6 is 0 Å². The first-order valence-corrected chi connectivity index (χ1v) is 9.53. The number of ether oxygens (including phenoxy) is 2. The summed E-state index contributed by atoms with van der Waals surface area (Å²) < 4.78 is 11.3. The minimum Gasteiger partial charge on any atom is -0.491 e. The van der Waals surface area contributed by atoms with Gasteiger partial charge >= 0.3 is 0 Å². The summed E-state index contributed by atoms with van der Waals surface area (Å²) in [6.45, 7) is 13.3. The Morgan fingerprint density at radius 3 is 2.73 bits per heavy atom. The molecule has 0 unspecified atom stereocenters. The lowest BCUT2D eigenvalue weighted by atomic mass is 9.86. The van der Waals surface area contributed by atoms with Gasteiger partial charge in [-0.3, -0.25) is 9.89 Å². The molecule has 0 aromatic heterocycles. The van der Waals surface area contributed by atoms with E-state index in [-0.39, 0.29) is 5.41 Å². The summed E-state index contributed by atoms with van der Waals surface area (Å²) in [6, 6.07) is 8.19. The van der Waals surface area contributed by atoms with Crippen LogP contribution in [0, 0.1) is 0 Å². The summed E-state index contributed by atoms with van der Waals surface area (Å²) >= 11 is 0. The number of nitrogens with zero attached hydrogens (tertiary/aromatic N) is 2. The Labute approximate surface area is 157 Å². The van der Waals surface area contributed by atoms with E-state index < -0.39 is 0 Å². The predicted molar refractivity (Wildman–Crippen MR) is 107 cm³/mol. The van der Waals surface area contributed by atoms with E-state index in [0.717, 1.165) is 51.6 Å². The molecule has 1 aliphatic rings. The molecule has 1 fully saturated rings. The number of nitrogens with two attached hydrogens (primary N) is 1. The minimum absolute atomic E-state index is 0.0605. The maximum absolute atomic E-state index is 5.93. The molecule has 1 aliphatic heterocycles. The van der Waals surface area contributed by atoms with E-state index in [0.29, 0.717) is 19.1 Å². The van der Waals surface area contributed by atoms with Crippen molar-refractivity contribution in [1.82, 2.24) is 10.2 Å². The van der Waals surface area contributed by atoms with Crippen LogP contribution in [-0.2, 0) is 10.2 Å². The quantitative estimate of drug-likeness (QED) is 0.420. The number of morpholine rings is 1. The van der Waals surface area contributed by atoms with Gasteiger partial charge in [-0.05, 0) is 23.5 Å². The molecule has 0 atom stereocenters. The molecule has 0 amide bonds. The molecule has 6 heteroatoms. The number of nitrogens with one attached hydrogen (secondary N) is 1. The van der Waals surface area contributed by atoms with E-state index in [1.807, 2.05) is 18.2 Å². The average Bonchev–Trinajstić information content (AvgIpc) is 2.63. The zero-order valence-corrected chi connectivity index (χ0v) is 16.5. The van der Waals surface area contributed by atoms with Crippen molar-refractivity contribution in [3.05, 3.63) is 29.8 Å². The SMILES string of the molecule is CC(C)(C)c1ccccc1OCCNC(N)=NCCCN1CCOCC1. The molecule has 146 valence electrons. The second kappa shape index (κ2) is 10.4. The standard InChI is InChI=1S/C20H34N4O2/c1-20(2,3)17-7-4-5-8-18(17)26-14-10-23-19(21)22-9-6-11-24-12-15-25-16-13-24/h4-5,7-8H,6,9-16H2,1-3H3,(H3,21,22,23). The monoisotopic (exact) mass is 362 g/mol. The molecule has 0 spiro atoms. The van der Waals surface area contributed by atoms with E-state index in [2.05, 4.69) is 42.0 Å². The third-order valence-electron chi connectivity index (χ3n) is 4.38. The summed E-state index contributed by atoms with van der Waals surface area (Å²) in [5.41, 5.74) is 7.19. The molecule has 0 radical (unpaired) electrons. The molecule has 3 N–H and O–H groups in total. The molecule has 0 saturated carbocycles. The topological polar surface area (TPSA) is 72.1 Å². The highest BCUT2D eigenvalue weighted by atomic mass is 16.5. The Hall–Kier alpha value is -1.79. The van der Waals surface area contributed by atoms with Crippen LogP contribution in [0.2, 0.25) is 0 Å². The van der Waals surface area contributed by atoms with Gasteiger partial charge in [0, 0.05) is 26.2 Å². The largest absolute Gasteiger partial charge is 0.491 e. The maximum atomic E-state index is 5.93. The van der Waals surface area contributed by atoms with Crippen molar-refractivity contribution in [2.45, 2.75) is 32.6 Å². The predicted octanol–water partition coefficient (Wildman–Crippen LogP) is 1.99. The zero-order chi connectivity index (χ0) is 18.8. The average molecular weight is 363 g/mol. The fourth-order valence-electron chi connectivity index (χ4n) is 2.93. The number of para-hydroxylation sites is 1. The zero-order valence-electron chi connectivity index (χ0n) is 16.5. The maximum Gasteiger partial charge on any atom is 0.188 e. The van der Waals surface area contributed by atoms with Crippen LogP contribution in [0.3, 0.4) is 0 Å². The van der Waals surface area contributed by atoms with Gasteiger partial charge in [0.05, 0.1) is 19.8 Å². The molecule has 26 heavy (non-hydrogen) atoms. The lowest BCUT2D eigenvalue weighted by Gasteiger charge is -2.26. The van der Waals surface area contributed by atoms with Gasteiger partial charge in [-0.2, -0.15) is 0 Å². The Kier molecular flexibility index (Phi) is 8.19. The fourth-order valence-corrected chi connectivity index (χ4v) is 2.93. The van der Waals surface area contributed by atoms with Crippen LogP contribution in [0.4, 0.5) is 0 Å². The molecular formula is C20H34N4O2. The van der Waals surface area contributed by atoms with Gasteiger partial charge < -0.3 is 20.5 Å². The van der Waals surface area contributed by atoms with Crippen molar-refractivity contribution >= 4 is 5.96 Å². The lowest BCUT2D eigenvalue weighted by Crippen LogP contribution is -2.37. The van der Waals surface area contributed by atoms with Crippen molar-refractivity contribution in [2.75, 3.05) is 52.5 Å². The number of hydrogen-bond donors (Lipinski definition) is 2. The summed E-state index contributed by atoms with van der Waals surface area (Å²) in [5, 5.41) is 3.12. The number of hydrogen-bond acceptors (Lipinski definition) is 4. The van der Waals surface area contributed by atoms with Crippen molar-refractivity contribution in [3.8, 4) is 5.75 Å². The Morgan fingerprint density at radius 2 is 2.00 bits per heavy atom. The van der Waals surface area contributed by atoms with E-state index >= 15 is 0 Å². The fraction of sp³-hybridized carbons (Fsp3) is 0.650. The molecule has 1 aromatic carbocycles. The summed E-state index contributed by atoms with van der Waals surface area (Å²) in [5.74, 6) is 1.42. The molecule has 1 aromatic rings. The lowest BCUT2D eigenvalue weighted by molar-refractivity contribution is 0.0377. The van der Waals surface area contributed by atoms with Gasteiger partial charge in [0.1, 0.15) is 12.4 Å². The van der Waals surface area contributed by atoms with Crippen molar-refractivity contribution in [3.63, 3.8) is 0 Å². The van der Waals surface area contributed by atoms with Crippen molar-refractivity contribution in [2.24, 2.45) is 10.7 Å². The van der Waals surface area contributed by atoms with Crippen molar-refractivity contribution < 1.29 is 9.47 Å². The van der Waals surface area contributed by atoms with Gasteiger partial charge in [-0.1, -0.05) is 39.0 Å². The summed E-state index contributed by atoms with van der Waals surface area (Å²) in [7, 11) is 0. The van der Waals surface area contributed by atoms with Gasteiger partial charge in [0.25, 0.3) is 0 Å². The first-order valence-electron chi connectivity index (χ1n) is 9.53. The number of guanidine groups is 1. The molecule has 0 aliphatic carbocycles. The highest BCUT2D eigenvalue weighted by Crippen LogP contribution is 2.30. The Bertz CT molecular complexity index is 563. The summed E-state index contributed by atoms with van der Waals surface area (Å²) in [4.78, 5) is 6.79. The second-order valence-electron chi connectivity index (χ2n) is 7.60. The van der Waals surface area contributed by atoms with Crippen molar-refractivity contribution in [1.29, 1.82) is 0 Å². The molecule has 1 heterocycles. The Balaban J connectivity index is 1.63. The van der Waals surface area contributed by atoms with E-state index in [4.69, 9.17) is 15.2 Å². The third-order valence-corrected chi connectivity index (χ3v) is 4.38. The highest BCUT2D eigenvalue weighted by molar-refractivity contribution is 5.77. The first kappa shape index (κ1) is 20.5. The smallest absolute Gasteiger partial charge is 0.188 e. The molecule has 2 rings (SSSR count). The first-order chi connectivity index (χ1) is 12.5. The Morgan fingerprint density at radius 1 is 1.27 bits per heavy atom. The number of rotatable bonds is 8. The van der Waals surface area contributed by atoms with Crippen LogP contribution in [0.1, 0.15) is 32.8 Å². The van der Waals surface area contributed by atoms with Crippen LogP contribution in [0.25, 0.3) is 0 Å². The van der Waals surface area contributed by atoms with Crippen LogP contribution in [0.15, 0.2) is 29.3 Å². The number of aliphatic imine (C=N–C) groups is 1. The van der Waals surface area contributed by atoms with Crippen LogP contribution < -0.4 is 15.8 Å². The number of benzene rings is 1. The van der Waals surface area contributed by atoms with E-state index in [1.54, 1.807) is 0 Å². The normalized spacial score (nSPS) is 16.5. The second-order valence-corrected chi connectivity index (χ2v) is 7.60. The minimum atomic E-state index is 0.0605. The van der Waals surface area contributed by atoms with Gasteiger partial charge in [0.2, 0.25) is 0 Å². The van der Waals surface area contributed by atoms with E-state index in [1.165, 1.54) is 5.56 Å². The molecule has 0 bridgehead atoms. The summed E-state index contributed by atoms with van der Waals surface area (Å²) in [6.07, 6.45) is 1.01. The van der Waals surface area contributed by atoms with Crippen LogP contribution in [-0.4, -0.2) is 63.4 Å². The van der Waals surface area contributed by atoms with Gasteiger partial charge in [0.15, 0.2) is 5.96 Å². The molecule has 6 nitrogen and oxygen atoms in total. The molecular weight excluding hydrogens is 328 g/mol. The molecule has 1 saturated heterocycles. The van der Waals surface area contributed by atoms with Crippen LogP contribution in [0.5, 0.6) is 5.75 Å². The van der Waals surface area contributed by atoms with E-state index in [9.17, 15) is 0 Å². The highest BCUT2D eigenvalue weighted by Gasteiger charge is 2.18.